The molecule has 0 aromatic carbocycles. The van der Waals surface area contributed by atoms with E-state index in [1.54, 1.807) is 36.4 Å². The number of aliphatic carboxylic acids is 3. The highest BCUT2D eigenvalue weighted by molar-refractivity contribution is 5.87. The number of carboxylic acid groups (broad SMARTS) is 3. The number of pyridine rings is 3. The molecule has 0 radical (unpaired) electrons. The smallest absolute Gasteiger partial charge is 0.328 e. The molecule has 0 fully saturated rings. The van der Waals surface area contributed by atoms with Gasteiger partial charge in [-0.3, -0.25) is 9.97 Å². The van der Waals surface area contributed by atoms with Crippen LogP contribution < -0.4 is 0 Å². The third-order valence-corrected chi connectivity index (χ3v) is 4.20. The van der Waals surface area contributed by atoms with Crippen LogP contribution in [0.1, 0.15) is 16.7 Å². The second-order valence-corrected chi connectivity index (χ2v) is 6.63. The van der Waals surface area contributed by atoms with Crippen LogP contribution in [0, 0.1) is 0 Å². The number of carboxylic acids is 3. The molecule has 3 aromatic rings. The minimum atomic E-state index is -1.12. The molecule has 0 aliphatic heterocycles. The predicted octanol–water partition coefficient (Wildman–Crippen LogP) is 3.50. The summed E-state index contributed by atoms with van der Waals surface area (Å²) < 4.78 is 0. The summed E-state index contributed by atoms with van der Waals surface area (Å²) in [6.45, 7) is 0. The maximum atomic E-state index is 11.0. The lowest BCUT2D eigenvalue weighted by Crippen LogP contribution is -1.95. The summed E-state index contributed by atoms with van der Waals surface area (Å²) in [5, 5.41) is 26.7. The second-order valence-electron chi connectivity index (χ2n) is 6.63. The molecule has 33 heavy (non-hydrogen) atoms. The summed E-state index contributed by atoms with van der Waals surface area (Å²) in [4.78, 5) is 45.8. The van der Waals surface area contributed by atoms with Crippen LogP contribution in [0.15, 0.2) is 67.0 Å². The van der Waals surface area contributed by atoms with Gasteiger partial charge in [0.05, 0.1) is 22.8 Å². The highest BCUT2D eigenvalue weighted by Gasteiger charge is 2.10. The minimum absolute atomic E-state index is 0.413. The van der Waals surface area contributed by atoms with Crippen molar-refractivity contribution in [2.75, 3.05) is 0 Å². The zero-order valence-corrected chi connectivity index (χ0v) is 17.0. The fourth-order valence-electron chi connectivity index (χ4n) is 2.79. The van der Waals surface area contributed by atoms with Gasteiger partial charge >= 0.3 is 17.9 Å². The lowest BCUT2D eigenvalue weighted by atomic mass is 10.1. The summed E-state index contributed by atoms with van der Waals surface area (Å²) in [6.07, 6.45) is 10.3. The van der Waals surface area contributed by atoms with Crippen molar-refractivity contribution in [2.45, 2.75) is 0 Å². The van der Waals surface area contributed by atoms with Crippen LogP contribution in [0.3, 0.4) is 0 Å². The summed E-state index contributed by atoms with van der Waals surface area (Å²) >= 11 is 0. The van der Waals surface area contributed by atoms with Crippen molar-refractivity contribution in [2.24, 2.45) is 0 Å². The molecule has 0 aliphatic carbocycles. The van der Waals surface area contributed by atoms with Gasteiger partial charge in [-0.05, 0) is 71.3 Å². The van der Waals surface area contributed by atoms with Crippen LogP contribution in [0.2, 0.25) is 0 Å². The van der Waals surface area contributed by atoms with E-state index >= 15 is 0 Å². The molecule has 0 saturated heterocycles. The standard InChI is InChI=1S/C24H17N3O6/c28-22(29)4-1-15-7-9-25-18(11-15)20-13-17(3-6-24(32)33)14-21(27-20)19-12-16(8-10-26-19)2-5-23(30)31/h1-14H,(H,28,29)(H,30,31)(H,32,33)/b4-1+,5-2+,6-3+. The maximum Gasteiger partial charge on any atom is 0.328 e. The van der Waals surface area contributed by atoms with Crippen molar-refractivity contribution in [3.05, 3.63) is 83.7 Å². The normalized spacial score (nSPS) is 11.4. The Kier molecular flexibility index (Phi) is 7.17. The lowest BCUT2D eigenvalue weighted by molar-refractivity contribution is -0.132. The van der Waals surface area contributed by atoms with E-state index in [-0.39, 0.29) is 0 Å². The van der Waals surface area contributed by atoms with E-state index in [2.05, 4.69) is 15.0 Å². The molecular formula is C24H17N3O6. The highest BCUT2D eigenvalue weighted by Crippen LogP contribution is 2.25. The van der Waals surface area contributed by atoms with Crippen LogP contribution in [0.25, 0.3) is 41.0 Å². The zero-order chi connectivity index (χ0) is 23.8. The molecule has 0 spiro atoms. The van der Waals surface area contributed by atoms with Crippen LogP contribution in [-0.2, 0) is 14.4 Å². The third kappa shape index (κ3) is 6.79. The maximum absolute atomic E-state index is 11.0. The largest absolute Gasteiger partial charge is 0.478 e. The van der Waals surface area contributed by atoms with Crippen molar-refractivity contribution in [1.29, 1.82) is 0 Å². The molecular weight excluding hydrogens is 426 g/mol. The first-order valence-corrected chi connectivity index (χ1v) is 9.48. The van der Waals surface area contributed by atoms with E-state index < -0.39 is 17.9 Å². The van der Waals surface area contributed by atoms with Crippen LogP contribution in [0.5, 0.6) is 0 Å². The van der Waals surface area contributed by atoms with E-state index in [9.17, 15) is 14.4 Å². The number of hydrogen-bond acceptors (Lipinski definition) is 6. The predicted molar refractivity (Wildman–Crippen MR) is 121 cm³/mol. The first-order valence-electron chi connectivity index (χ1n) is 9.48. The molecule has 3 N–H and O–H groups in total. The number of nitrogens with zero attached hydrogens (tertiary/aromatic N) is 3. The van der Waals surface area contributed by atoms with E-state index in [1.165, 1.54) is 30.6 Å². The minimum Gasteiger partial charge on any atom is -0.478 e. The van der Waals surface area contributed by atoms with E-state index in [4.69, 9.17) is 15.3 Å². The fourth-order valence-corrected chi connectivity index (χ4v) is 2.79. The van der Waals surface area contributed by atoms with Crippen molar-refractivity contribution in [3.8, 4) is 22.8 Å². The molecule has 9 nitrogen and oxygen atoms in total. The topological polar surface area (TPSA) is 151 Å². The van der Waals surface area contributed by atoms with E-state index in [0.717, 1.165) is 18.2 Å². The molecule has 0 bridgehead atoms. The molecule has 0 amide bonds. The molecule has 0 saturated carbocycles. The monoisotopic (exact) mass is 443 g/mol. The van der Waals surface area contributed by atoms with Gasteiger partial charge < -0.3 is 15.3 Å². The SMILES string of the molecule is O=C(O)/C=C/c1ccnc(-c2cc(/C=C/C(=O)O)cc(-c3cc(/C=C/C(=O)O)ccn3)n2)c1. The van der Waals surface area contributed by atoms with Gasteiger partial charge in [-0.2, -0.15) is 0 Å². The van der Waals surface area contributed by atoms with Gasteiger partial charge in [0.15, 0.2) is 0 Å². The van der Waals surface area contributed by atoms with Crippen LogP contribution in [-0.4, -0.2) is 48.2 Å². The van der Waals surface area contributed by atoms with Gasteiger partial charge in [0.25, 0.3) is 0 Å². The summed E-state index contributed by atoms with van der Waals surface area (Å²) in [5.74, 6) is -3.29. The molecule has 0 atom stereocenters. The molecule has 0 aliphatic rings. The Morgan fingerprint density at radius 1 is 0.576 bits per heavy atom. The fraction of sp³-hybridized carbons (Fsp3) is 0. The van der Waals surface area contributed by atoms with Gasteiger partial charge in [-0.15, -0.1) is 0 Å². The van der Waals surface area contributed by atoms with Crippen molar-refractivity contribution < 1.29 is 29.7 Å². The Hall–Kier alpha value is -4.92. The Morgan fingerprint density at radius 2 is 0.939 bits per heavy atom. The number of carbonyl (C=O) groups is 3. The lowest BCUT2D eigenvalue weighted by Gasteiger charge is -2.08. The first-order chi connectivity index (χ1) is 15.8. The summed E-state index contributed by atoms with van der Waals surface area (Å²) in [5.41, 5.74) is 3.42. The second kappa shape index (κ2) is 10.4. The molecule has 0 unspecified atom stereocenters. The van der Waals surface area contributed by atoms with Gasteiger partial charge in [0.2, 0.25) is 0 Å². The Balaban J connectivity index is 2.10. The van der Waals surface area contributed by atoms with Gasteiger partial charge in [-0.25, -0.2) is 19.4 Å². The molecule has 9 heteroatoms. The Bertz CT molecular complexity index is 1230. The van der Waals surface area contributed by atoms with Gasteiger partial charge in [0.1, 0.15) is 0 Å². The van der Waals surface area contributed by atoms with Gasteiger partial charge in [0, 0.05) is 30.6 Å². The van der Waals surface area contributed by atoms with E-state index in [1.807, 2.05) is 0 Å². The number of rotatable bonds is 8. The van der Waals surface area contributed by atoms with Crippen molar-refractivity contribution in [1.82, 2.24) is 15.0 Å². The van der Waals surface area contributed by atoms with Gasteiger partial charge in [-0.1, -0.05) is 0 Å². The average Bonchev–Trinajstić information content (AvgIpc) is 2.80. The zero-order valence-electron chi connectivity index (χ0n) is 17.0. The quantitative estimate of drug-likeness (QED) is 0.444. The molecule has 3 rings (SSSR count). The number of aromatic nitrogens is 3. The molecule has 3 aromatic heterocycles. The van der Waals surface area contributed by atoms with E-state index in [0.29, 0.717) is 39.5 Å². The van der Waals surface area contributed by atoms with Crippen molar-refractivity contribution >= 4 is 36.1 Å². The highest BCUT2D eigenvalue weighted by atomic mass is 16.4. The Morgan fingerprint density at radius 3 is 1.33 bits per heavy atom. The van der Waals surface area contributed by atoms with Crippen LogP contribution in [0.4, 0.5) is 0 Å². The molecule has 164 valence electrons. The average molecular weight is 443 g/mol. The summed E-state index contributed by atoms with van der Waals surface area (Å²) in [7, 11) is 0. The Labute approximate surface area is 187 Å². The summed E-state index contributed by atoms with van der Waals surface area (Å²) in [6, 6.07) is 9.86. The molecule has 3 heterocycles. The first kappa shape index (κ1) is 22.8. The van der Waals surface area contributed by atoms with Crippen LogP contribution >= 0.6 is 0 Å². The third-order valence-electron chi connectivity index (χ3n) is 4.20. The number of hydrogen-bond donors (Lipinski definition) is 3. The van der Waals surface area contributed by atoms with Crippen molar-refractivity contribution in [3.63, 3.8) is 0 Å².